The van der Waals surface area contributed by atoms with Crippen LogP contribution in [-0.2, 0) is 17.8 Å². The third-order valence-electron chi connectivity index (χ3n) is 7.27. The average molecular weight is 560 g/mol. The van der Waals surface area contributed by atoms with E-state index in [9.17, 15) is 4.79 Å². The van der Waals surface area contributed by atoms with Crippen LogP contribution in [0.1, 0.15) is 34.4 Å². The third kappa shape index (κ3) is 4.20. The summed E-state index contributed by atoms with van der Waals surface area (Å²) in [7, 11) is 0. The summed E-state index contributed by atoms with van der Waals surface area (Å²) < 4.78 is 7.29. The molecule has 4 heterocycles. The SMILES string of the molecule is CCN1CCc2c(sc(NC(=O)C3c4ccccc4Oc4ccccc43)c2-c2nc3ccccc3s2)C1.Cl. The summed E-state index contributed by atoms with van der Waals surface area (Å²) in [6, 6.07) is 23.9. The fraction of sp³-hybridized carbons (Fsp3) is 0.200. The first kappa shape index (κ1) is 25.1. The Labute approximate surface area is 235 Å². The van der Waals surface area contributed by atoms with Gasteiger partial charge in [-0.25, -0.2) is 4.98 Å². The monoisotopic (exact) mass is 559 g/mol. The zero-order chi connectivity index (χ0) is 24.9. The van der Waals surface area contributed by atoms with Crippen molar-refractivity contribution in [3.63, 3.8) is 0 Å². The van der Waals surface area contributed by atoms with Crippen molar-refractivity contribution in [3.05, 3.63) is 94.4 Å². The molecule has 0 atom stereocenters. The van der Waals surface area contributed by atoms with E-state index in [2.05, 4.69) is 35.3 Å². The molecule has 2 aliphatic rings. The number of carbonyl (C=O) groups is 1. The number of thiazole rings is 1. The van der Waals surface area contributed by atoms with Gasteiger partial charge < -0.3 is 10.1 Å². The van der Waals surface area contributed by atoms with Crippen molar-refractivity contribution in [3.8, 4) is 22.1 Å². The molecule has 0 saturated heterocycles. The third-order valence-corrected chi connectivity index (χ3v) is 9.46. The minimum absolute atomic E-state index is 0. The lowest BCUT2D eigenvalue weighted by atomic mass is 9.87. The van der Waals surface area contributed by atoms with E-state index in [0.29, 0.717) is 0 Å². The maximum absolute atomic E-state index is 14.1. The summed E-state index contributed by atoms with van der Waals surface area (Å²) in [5.41, 5.74) is 5.20. The predicted molar refractivity (Wildman–Crippen MR) is 158 cm³/mol. The Hall–Kier alpha value is -3.23. The molecular formula is C30H26ClN3O2S2. The molecule has 5 nitrogen and oxygen atoms in total. The van der Waals surface area contributed by atoms with Gasteiger partial charge in [0.2, 0.25) is 5.91 Å². The summed E-state index contributed by atoms with van der Waals surface area (Å²) >= 11 is 3.40. The lowest BCUT2D eigenvalue weighted by Gasteiger charge is -2.27. The zero-order valence-corrected chi connectivity index (χ0v) is 23.2. The standard InChI is InChI=1S/C30H25N3O2S2.ClH/c1-2-33-16-15-20-25(17-33)37-30(27(20)29-31-21-11-5-8-14-24(21)36-29)32-28(34)26-18-9-3-6-12-22(18)35-23-13-7-4-10-19(23)26;/h3-14,26H,2,15-17H2,1H3,(H,32,34);1H. The second-order valence-corrected chi connectivity index (χ2v) is 11.5. The van der Waals surface area contributed by atoms with Gasteiger partial charge in [0.15, 0.2) is 0 Å². The molecule has 2 aromatic heterocycles. The Kier molecular flexibility index (Phi) is 6.70. The normalized spacial score (nSPS) is 14.7. The second-order valence-electron chi connectivity index (χ2n) is 9.41. The van der Waals surface area contributed by atoms with Crippen molar-refractivity contribution < 1.29 is 9.53 Å². The summed E-state index contributed by atoms with van der Waals surface area (Å²) in [4.78, 5) is 22.9. The molecule has 0 saturated carbocycles. The number of hydrogen-bond donors (Lipinski definition) is 1. The fourth-order valence-corrected chi connectivity index (χ4v) is 7.80. The molecule has 0 radical (unpaired) electrons. The largest absolute Gasteiger partial charge is 0.457 e. The number of likely N-dealkylation sites (N-methyl/N-ethyl adjacent to an activating group) is 1. The van der Waals surface area contributed by atoms with Crippen molar-refractivity contribution in [1.82, 2.24) is 9.88 Å². The first-order valence-corrected chi connectivity index (χ1v) is 14.2. The Morgan fingerprint density at radius 3 is 2.39 bits per heavy atom. The van der Waals surface area contributed by atoms with Crippen LogP contribution in [0.2, 0.25) is 0 Å². The van der Waals surface area contributed by atoms with E-state index < -0.39 is 5.92 Å². The van der Waals surface area contributed by atoms with Gasteiger partial charge in [-0.2, -0.15) is 0 Å². The van der Waals surface area contributed by atoms with Crippen LogP contribution in [-0.4, -0.2) is 28.9 Å². The van der Waals surface area contributed by atoms with Crippen molar-refractivity contribution in [2.75, 3.05) is 18.4 Å². The molecule has 1 N–H and O–H groups in total. The van der Waals surface area contributed by atoms with Gasteiger partial charge in [0.05, 0.1) is 16.1 Å². The van der Waals surface area contributed by atoms with E-state index in [1.165, 1.54) is 10.4 Å². The Balaban J connectivity index is 0.00000264. The molecule has 38 heavy (non-hydrogen) atoms. The fourth-order valence-electron chi connectivity index (χ4n) is 5.40. The van der Waals surface area contributed by atoms with Crippen LogP contribution in [0.4, 0.5) is 5.00 Å². The van der Waals surface area contributed by atoms with E-state index in [-0.39, 0.29) is 18.3 Å². The highest BCUT2D eigenvalue weighted by atomic mass is 35.5. The number of halogens is 1. The minimum Gasteiger partial charge on any atom is -0.457 e. The Morgan fingerprint density at radius 2 is 1.68 bits per heavy atom. The highest BCUT2D eigenvalue weighted by Crippen LogP contribution is 2.48. The Bertz CT molecular complexity index is 1580. The van der Waals surface area contributed by atoms with Gasteiger partial charge in [0.1, 0.15) is 21.5 Å². The number of benzene rings is 3. The number of para-hydroxylation sites is 3. The molecule has 8 heteroatoms. The van der Waals surface area contributed by atoms with E-state index in [1.54, 1.807) is 22.7 Å². The molecule has 2 aliphatic heterocycles. The van der Waals surface area contributed by atoms with E-state index in [0.717, 1.165) is 74.5 Å². The number of ether oxygens (including phenoxy) is 1. The molecule has 0 unspecified atom stereocenters. The number of fused-ring (bicyclic) bond motifs is 4. The van der Waals surface area contributed by atoms with E-state index in [1.807, 2.05) is 54.6 Å². The first-order chi connectivity index (χ1) is 18.2. The number of anilines is 1. The quantitative estimate of drug-likeness (QED) is 0.245. The van der Waals surface area contributed by atoms with Crippen molar-refractivity contribution in [1.29, 1.82) is 0 Å². The van der Waals surface area contributed by atoms with Crippen LogP contribution in [0.25, 0.3) is 20.8 Å². The number of thiophene rings is 1. The maximum atomic E-state index is 14.1. The van der Waals surface area contributed by atoms with Crippen LogP contribution >= 0.6 is 35.1 Å². The number of nitrogens with zero attached hydrogens (tertiary/aromatic N) is 2. The lowest BCUT2D eigenvalue weighted by molar-refractivity contribution is -0.116. The van der Waals surface area contributed by atoms with Gasteiger partial charge in [-0.15, -0.1) is 35.1 Å². The number of aromatic nitrogens is 1. The highest BCUT2D eigenvalue weighted by Gasteiger charge is 2.34. The number of nitrogens with one attached hydrogen (secondary N) is 1. The average Bonchev–Trinajstić information content (AvgIpc) is 3.51. The molecule has 3 aromatic carbocycles. The van der Waals surface area contributed by atoms with Gasteiger partial charge >= 0.3 is 0 Å². The smallest absolute Gasteiger partial charge is 0.237 e. The van der Waals surface area contributed by atoms with Gasteiger partial charge in [0.25, 0.3) is 0 Å². The molecule has 1 amide bonds. The van der Waals surface area contributed by atoms with Crippen LogP contribution in [0, 0.1) is 0 Å². The van der Waals surface area contributed by atoms with Crippen LogP contribution < -0.4 is 10.1 Å². The molecule has 0 aliphatic carbocycles. The van der Waals surface area contributed by atoms with Crippen LogP contribution in [0.15, 0.2) is 72.8 Å². The van der Waals surface area contributed by atoms with Gasteiger partial charge in [-0.3, -0.25) is 9.69 Å². The van der Waals surface area contributed by atoms with Gasteiger partial charge in [0, 0.05) is 34.7 Å². The molecule has 5 aromatic rings. The van der Waals surface area contributed by atoms with Crippen molar-refractivity contribution >= 4 is 56.2 Å². The number of amides is 1. The molecule has 0 spiro atoms. The molecule has 7 rings (SSSR count). The van der Waals surface area contributed by atoms with E-state index >= 15 is 0 Å². The number of carbonyl (C=O) groups excluding carboxylic acids is 1. The van der Waals surface area contributed by atoms with Crippen LogP contribution in [0.3, 0.4) is 0 Å². The summed E-state index contributed by atoms with van der Waals surface area (Å²) in [5, 5.41) is 5.24. The van der Waals surface area contributed by atoms with Crippen LogP contribution in [0.5, 0.6) is 11.5 Å². The molecule has 192 valence electrons. The van der Waals surface area contributed by atoms with Crippen molar-refractivity contribution in [2.45, 2.75) is 25.8 Å². The molecule has 0 fully saturated rings. The first-order valence-electron chi connectivity index (χ1n) is 12.6. The maximum Gasteiger partial charge on any atom is 0.237 e. The number of hydrogen-bond acceptors (Lipinski definition) is 6. The van der Waals surface area contributed by atoms with Gasteiger partial charge in [-0.05, 0) is 42.8 Å². The molecular weight excluding hydrogens is 534 g/mol. The minimum atomic E-state index is -0.448. The topological polar surface area (TPSA) is 54.5 Å². The second kappa shape index (κ2) is 10.2. The van der Waals surface area contributed by atoms with Gasteiger partial charge in [-0.1, -0.05) is 55.5 Å². The Morgan fingerprint density at radius 1 is 1.00 bits per heavy atom. The number of rotatable bonds is 4. The summed E-state index contributed by atoms with van der Waals surface area (Å²) in [5.74, 6) is 0.973. The highest BCUT2D eigenvalue weighted by molar-refractivity contribution is 7.23. The predicted octanol–water partition coefficient (Wildman–Crippen LogP) is 7.70. The zero-order valence-electron chi connectivity index (χ0n) is 20.8. The van der Waals surface area contributed by atoms with E-state index in [4.69, 9.17) is 9.72 Å². The summed E-state index contributed by atoms with van der Waals surface area (Å²) in [6.45, 7) is 5.15. The van der Waals surface area contributed by atoms with Crippen molar-refractivity contribution in [2.24, 2.45) is 0 Å². The lowest BCUT2D eigenvalue weighted by Crippen LogP contribution is -2.29. The molecule has 0 bridgehead atoms. The summed E-state index contributed by atoms with van der Waals surface area (Å²) in [6.07, 6.45) is 0.962.